The molecule has 0 bridgehead atoms. The standard InChI is InChI=1S/C21H24FN5O2S/c1-26-12-17-19(25-26)20(29)27(11-14-7-9-15(22)10-8-14)21(24-17)30-13-18(28)23-16-5-3-2-4-6-16/h7-10,12,16H,2-6,11,13H2,1H3,(H,23,28). The minimum Gasteiger partial charge on any atom is -0.353 e. The van der Waals surface area contributed by atoms with Gasteiger partial charge in [0.15, 0.2) is 10.7 Å². The van der Waals surface area contributed by atoms with Crippen molar-refractivity contribution in [3.63, 3.8) is 0 Å². The summed E-state index contributed by atoms with van der Waals surface area (Å²) in [5.74, 6) is -0.211. The van der Waals surface area contributed by atoms with Crippen LogP contribution in [0.15, 0.2) is 40.4 Å². The van der Waals surface area contributed by atoms with Crippen molar-refractivity contribution in [2.75, 3.05) is 5.75 Å². The first-order chi connectivity index (χ1) is 14.5. The third kappa shape index (κ3) is 4.72. The van der Waals surface area contributed by atoms with E-state index in [4.69, 9.17) is 0 Å². The second kappa shape index (κ2) is 8.99. The fourth-order valence-corrected chi connectivity index (χ4v) is 4.57. The number of carbonyl (C=O) groups is 1. The number of rotatable bonds is 6. The average molecular weight is 430 g/mol. The zero-order valence-electron chi connectivity index (χ0n) is 16.8. The van der Waals surface area contributed by atoms with Gasteiger partial charge in [-0.1, -0.05) is 43.2 Å². The molecule has 0 atom stereocenters. The van der Waals surface area contributed by atoms with Crippen LogP contribution >= 0.6 is 11.8 Å². The average Bonchev–Trinajstić information content (AvgIpc) is 3.11. The van der Waals surface area contributed by atoms with Gasteiger partial charge in [-0.3, -0.25) is 18.8 Å². The topological polar surface area (TPSA) is 81.8 Å². The molecule has 1 aromatic carbocycles. The number of fused-ring (bicyclic) bond motifs is 1. The van der Waals surface area contributed by atoms with Gasteiger partial charge in [-0.2, -0.15) is 5.10 Å². The molecule has 4 rings (SSSR count). The molecule has 0 spiro atoms. The normalized spacial score (nSPS) is 14.9. The van der Waals surface area contributed by atoms with Crippen LogP contribution in [-0.2, 0) is 18.4 Å². The molecule has 0 unspecified atom stereocenters. The zero-order chi connectivity index (χ0) is 21.1. The molecular formula is C21H24FN5O2S. The number of carbonyl (C=O) groups excluding carboxylic acids is 1. The summed E-state index contributed by atoms with van der Waals surface area (Å²) < 4.78 is 16.3. The molecule has 1 amide bonds. The van der Waals surface area contributed by atoms with Crippen LogP contribution < -0.4 is 10.9 Å². The molecule has 158 valence electrons. The summed E-state index contributed by atoms with van der Waals surface area (Å²) in [6.07, 6.45) is 7.25. The first-order valence-electron chi connectivity index (χ1n) is 10.1. The molecule has 1 N–H and O–H groups in total. The molecule has 1 aliphatic carbocycles. The quantitative estimate of drug-likeness (QED) is 0.481. The maximum Gasteiger partial charge on any atom is 0.282 e. The molecule has 1 aliphatic rings. The van der Waals surface area contributed by atoms with Crippen LogP contribution in [0.5, 0.6) is 0 Å². The molecule has 0 radical (unpaired) electrons. The number of thioether (sulfide) groups is 1. The number of halogens is 1. The first-order valence-corrected chi connectivity index (χ1v) is 11.1. The lowest BCUT2D eigenvalue weighted by molar-refractivity contribution is -0.119. The van der Waals surface area contributed by atoms with E-state index < -0.39 is 0 Å². The van der Waals surface area contributed by atoms with Gasteiger partial charge in [-0.05, 0) is 30.5 Å². The van der Waals surface area contributed by atoms with E-state index >= 15 is 0 Å². The van der Waals surface area contributed by atoms with Crippen molar-refractivity contribution in [1.29, 1.82) is 0 Å². The van der Waals surface area contributed by atoms with Crippen LogP contribution in [0.4, 0.5) is 4.39 Å². The third-order valence-electron chi connectivity index (χ3n) is 5.26. The van der Waals surface area contributed by atoms with Gasteiger partial charge in [-0.15, -0.1) is 0 Å². The van der Waals surface area contributed by atoms with E-state index in [1.807, 2.05) is 0 Å². The number of benzene rings is 1. The molecule has 2 aromatic heterocycles. The van der Waals surface area contributed by atoms with Crippen LogP contribution in [0.1, 0.15) is 37.7 Å². The Kier molecular flexibility index (Phi) is 6.17. The van der Waals surface area contributed by atoms with E-state index in [2.05, 4.69) is 15.4 Å². The van der Waals surface area contributed by atoms with E-state index in [1.165, 1.54) is 34.9 Å². The highest BCUT2D eigenvalue weighted by Crippen LogP contribution is 2.20. The second-order valence-electron chi connectivity index (χ2n) is 7.64. The molecular weight excluding hydrogens is 405 g/mol. The summed E-state index contributed by atoms with van der Waals surface area (Å²) in [5.41, 5.74) is 1.26. The monoisotopic (exact) mass is 429 g/mol. The summed E-state index contributed by atoms with van der Waals surface area (Å²) in [7, 11) is 1.73. The van der Waals surface area contributed by atoms with Crippen molar-refractivity contribution in [2.45, 2.75) is 49.8 Å². The second-order valence-corrected chi connectivity index (χ2v) is 8.58. The highest BCUT2D eigenvalue weighted by atomic mass is 32.2. The Morgan fingerprint density at radius 1 is 1.23 bits per heavy atom. The van der Waals surface area contributed by atoms with E-state index in [-0.39, 0.29) is 41.1 Å². The van der Waals surface area contributed by atoms with Crippen molar-refractivity contribution in [1.82, 2.24) is 24.6 Å². The zero-order valence-corrected chi connectivity index (χ0v) is 17.6. The summed E-state index contributed by atoms with van der Waals surface area (Å²) in [5, 5.41) is 7.75. The van der Waals surface area contributed by atoms with Crippen LogP contribution in [0.3, 0.4) is 0 Å². The molecule has 1 saturated carbocycles. The number of hydrogen-bond donors (Lipinski definition) is 1. The predicted molar refractivity (Wildman–Crippen MR) is 114 cm³/mol. The van der Waals surface area contributed by atoms with Crippen molar-refractivity contribution in [3.8, 4) is 0 Å². The molecule has 0 saturated heterocycles. The van der Waals surface area contributed by atoms with E-state index in [0.29, 0.717) is 10.7 Å². The SMILES string of the molecule is Cn1cc2nc(SCC(=O)NC3CCCCC3)n(Cc3ccc(F)cc3)c(=O)c2n1. The molecule has 30 heavy (non-hydrogen) atoms. The van der Waals surface area contributed by atoms with Crippen LogP contribution in [0, 0.1) is 5.82 Å². The molecule has 3 aromatic rings. The van der Waals surface area contributed by atoms with E-state index in [0.717, 1.165) is 31.2 Å². The van der Waals surface area contributed by atoms with Crippen molar-refractivity contribution < 1.29 is 9.18 Å². The van der Waals surface area contributed by atoms with Gasteiger partial charge in [0.1, 0.15) is 11.3 Å². The van der Waals surface area contributed by atoms with Gasteiger partial charge in [0, 0.05) is 13.1 Å². The number of hydrogen-bond acceptors (Lipinski definition) is 5. The maximum absolute atomic E-state index is 13.3. The third-order valence-corrected chi connectivity index (χ3v) is 6.24. The minimum absolute atomic E-state index is 0.0548. The summed E-state index contributed by atoms with van der Waals surface area (Å²) in [4.78, 5) is 30.1. The van der Waals surface area contributed by atoms with Crippen molar-refractivity contribution in [2.24, 2.45) is 7.05 Å². The van der Waals surface area contributed by atoms with Gasteiger partial charge in [0.25, 0.3) is 5.56 Å². The van der Waals surface area contributed by atoms with Gasteiger partial charge in [-0.25, -0.2) is 9.37 Å². The highest BCUT2D eigenvalue weighted by molar-refractivity contribution is 7.99. The van der Waals surface area contributed by atoms with Crippen molar-refractivity contribution >= 4 is 28.7 Å². The Morgan fingerprint density at radius 2 is 1.97 bits per heavy atom. The fourth-order valence-electron chi connectivity index (χ4n) is 3.76. The number of amides is 1. The van der Waals surface area contributed by atoms with Gasteiger partial charge >= 0.3 is 0 Å². The lowest BCUT2D eigenvalue weighted by atomic mass is 9.95. The molecule has 2 heterocycles. The molecule has 1 fully saturated rings. The lowest BCUT2D eigenvalue weighted by Gasteiger charge is -2.22. The summed E-state index contributed by atoms with van der Waals surface area (Å²) >= 11 is 1.23. The number of nitrogens with zero attached hydrogens (tertiary/aromatic N) is 4. The van der Waals surface area contributed by atoms with Crippen LogP contribution in [0.25, 0.3) is 11.0 Å². The summed E-state index contributed by atoms with van der Waals surface area (Å²) in [6, 6.07) is 6.22. The number of aromatic nitrogens is 4. The fraction of sp³-hybridized carbons (Fsp3) is 0.429. The van der Waals surface area contributed by atoms with Gasteiger partial charge in [0.2, 0.25) is 5.91 Å². The predicted octanol–water partition coefficient (Wildman–Crippen LogP) is 2.86. The minimum atomic E-state index is -0.335. The number of aryl methyl sites for hydroxylation is 1. The number of nitrogens with one attached hydrogen (secondary N) is 1. The Labute approximate surface area is 177 Å². The first kappa shape index (κ1) is 20.6. The molecule has 9 heteroatoms. The van der Waals surface area contributed by atoms with E-state index in [1.54, 1.807) is 30.1 Å². The van der Waals surface area contributed by atoms with Crippen LogP contribution in [-0.4, -0.2) is 37.0 Å². The van der Waals surface area contributed by atoms with E-state index in [9.17, 15) is 14.0 Å². The van der Waals surface area contributed by atoms with Gasteiger partial charge in [0.05, 0.1) is 18.5 Å². The van der Waals surface area contributed by atoms with Crippen LogP contribution in [0.2, 0.25) is 0 Å². The lowest BCUT2D eigenvalue weighted by Crippen LogP contribution is -2.37. The van der Waals surface area contributed by atoms with Crippen molar-refractivity contribution in [3.05, 3.63) is 52.2 Å². The molecule has 7 nitrogen and oxygen atoms in total. The maximum atomic E-state index is 13.3. The summed E-state index contributed by atoms with van der Waals surface area (Å²) in [6.45, 7) is 0.227. The smallest absolute Gasteiger partial charge is 0.282 e. The largest absolute Gasteiger partial charge is 0.353 e. The Morgan fingerprint density at radius 3 is 2.70 bits per heavy atom. The molecule has 0 aliphatic heterocycles. The highest BCUT2D eigenvalue weighted by Gasteiger charge is 2.18. The Balaban J connectivity index is 1.57. The Hall–Kier alpha value is -2.68. The Bertz CT molecular complexity index is 1100. The van der Waals surface area contributed by atoms with Gasteiger partial charge < -0.3 is 5.32 Å².